The van der Waals surface area contributed by atoms with E-state index in [0.717, 1.165) is 28.3 Å². The normalized spacial score (nSPS) is 10.6. The van der Waals surface area contributed by atoms with Crippen molar-refractivity contribution in [2.24, 2.45) is 0 Å². The van der Waals surface area contributed by atoms with Gasteiger partial charge in [0.05, 0.1) is 11.1 Å². The third kappa shape index (κ3) is 1.61. The molecule has 0 unspecified atom stereocenters. The van der Waals surface area contributed by atoms with Crippen LogP contribution >= 0.6 is 11.6 Å². The summed E-state index contributed by atoms with van der Waals surface area (Å²) in [5, 5.41) is 1.26. The fourth-order valence-electron chi connectivity index (χ4n) is 1.65. The van der Waals surface area contributed by atoms with Gasteiger partial charge in [0, 0.05) is 5.39 Å². The predicted octanol–water partition coefficient (Wildman–Crippen LogP) is 3.32. The molecule has 2 nitrogen and oxygen atoms in total. The van der Waals surface area contributed by atoms with Crippen molar-refractivity contribution < 1.29 is 4.79 Å². The Labute approximate surface area is 92.9 Å². The lowest BCUT2D eigenvalue weighted by atomic mass is 10.0. The van der Waals surface area contributed by atoms with Gasteiger partial charge in [0.25, 0.3) is 0 Å². The van der Waals surface area contributed by atoms with E-state index >= 15 is 0 Å². The van der Waals surface area contributed by atoms with Gasteiger partial charge >= 0.3 is 0 Å². The van der Waals surface area contributed by atoms with Gasteiger partial charge in [0.15, 0.2) is 6.29 Å². The van der Waals surface area contributed by atoms with Crippen LogP contribution in [0.4, 0.5) is 0 Å². The summed E-state index contributed by atoms with van der Waals surface area (Å²) in [4.78, 5) is 15.0. The van der Waals surface area contributed by atoms with E-state index in [-0.39, 0.29) is 5.15 Å². The summed E-state index contributed by atoms with van der Waals surface area (Å²) in [6.07, 6.45) is 0.754. The maximum absolute atomic E-state index is 10.8. The summed E-state index contributed by atoms with van der Waals surface area (Å²) < 4.78 is 0. The van der Waals surface area contributed by atoms with Gasteiger partial charge < -0.3 is 0 Å². The number of hydrogen-bond acceptors (Lipinski definition) is 2. The van der Waals surface area contributed by atoms with Crippen LogP contribution in [0, 0.1) is 13.8 Å². The smallest absolute Gasteiger partial charge is 0.153 e. The first-order valence-electron chi connectivity index (χ1n) is 4.65. The molecular formula is C12H10ClNO. The lowest BCUT2D eigenvalue weighted by Gasteiger charge is -2.06. The second-order valence-electron chi connectivity index (χ2n) is 3.58. The first-order chi connectivity index (χ1) is 7.13. The average molecular weight is 220 g/mol. The zero-order valence-corrected chi connectivity index (χ0v) is 9.30. The predicted molar refractivity (Wildman–Crippen MR) is 61.6 cm³/mol. The fraction of sp³-hybridized carbons (Fsp3) is 0.167. The van der Waals surface area contributed by atoms with Gasteiger partial charge in [-0.3, -0.25) is 4.79 Å². The molecule has 0 atom stereocenters. The highest BCUT2D eigenvalue weighted by Gasteiger charge is 2.09. The molecule has 0 bridgehead atoms. The largest absolute Gasteiger partial charge is 0.298 e. The highest BCUT2D eigenvalue weighted by atomic mass is 35.5. The van der Waals surface area contributed by atoms with E-state index in [1.54, 1.807) is 0 Å². The van der Waals surface area contributed by atoms with Gasteiger partial charge in [-0.05, 0) is 31.0 Å². The molecular weight excluding hydrogens is 210 g/mol. The molecule has 0 aliphatic heterocycles. The third-order valence-electron chi connectivity index (χ3n) is 2.52. The number of carbonyl (C=O) groups is 1. The van der Waals surface area contributed by atoms with Crippen molar-refractivity contribution in [3.8, 4) is 0 Å². The molecule has 0 radical (unpaired) electrons. The standard InChI is InChI=1S/C12H10ClNO/c1-7-3-4-9-8(2)10(6-15)12(13)14-11(9)5-7/h3-6H,1-2H3. The van der Waals surface area contributed by atoms with Crippen LogP contribution in [0.3, 0.4) is 0 Å². The number of hydrogen-bond donors (Lipinski definition) is 0. The molecule has 0 saturated carbocycles. The number of benzene rings is 1. The van der Waals surface area contributed by atoms with Crippen LogP contribution in [-0.2, 0) is 0 Å². The summed E-state index contributed by atoms with van der Waals surface area (Å²) in [5.41, 5.74) is 3.33. The number of aryl methyl sites for hydroxylation is 2. The van der Waals surface area contributed by atoms with Crippen LogP contribution in [0.2, 0.25) is 5.15 Å². The van der Waals surface area contributed by atoms with Gasteiger partial charge in [0.2, 0.25) is 0 Å². The summed E-state index contributed by atoms with van der Waals surface area (Å²) in [6.45, 7) is 3.88. The van der Waals surface area contributed by atoms with Crippen LogP contribution in [0.1, 0.15) is 21.5 Å². The molecule has 15 heavy (non-hydrogen) atoms. The van der Waals surface area contributed by atoms with Crippen molar-refractivity contribution in [2.45, 2.75) is 13.8 Å². The molecule has 0 fully saturated rings. The topological polar surface area (TPSA) is 30.0 Å². The second-order valence-corrected chi connectivity index (χ2v) is 3.94. The van der Waals surface area contributed by atoms with E-state index in [4.69, 9.17) is 11.6 Å². The monoisotopic (exact) mass is 219 g/mol. The molecule has 1 heterocycles. The quantitative estimate of drug-likeness (QED) is 0.544. The lowest BCUT2D eigenvalue weighted by Crippen LogP contribution is -1.94. The maximum Gasteiger partial charge on any atom is 0.153 e. The van der Waals surface area contributed by atoms with Crippen molar-refractivity contribution in [1.29, 1.82) is 0 Å². The van der Waals surface area contributed by atoms with Crippen LogP contribution in [0.5, 0.6) is 0 Å². The van der Waals surface area contributed by atoms with Gasteiger partial charge in [-0.15, -0.1) is 0 Å². The Morgan fingerprint density at radius 3 is 2.73 bits per heavy atom. The number of fused-ring (bicyclic) bond motifs is 1. The first kappa shape index (κ1) is 10.1. The third-order valence-corrected chi connectivity index (χ3v) is 2.81. The Morgan fingerprint density at radius 2 is 2.07 bits per heavy atom. The van der Waals surface area contributed by atoms with E-state index in [1.807, 2.05) is 32.0 Å². The minimum absolute atomic E-state index is 0.278. The minimum Gasteiger partial charge on any atom is -0.298 e. The molecule has 76 valence electrons. The van der Waals surface area contributed by atoms with Crippen molar-refractivity contribution in [2.75, 3.05) is 0 Å². The number of carbonyl (C=O) groups excluding carboxylic acids is 1. The van der Waals surface area contributed by atoms with Crippen LogP contribution in [0.15, 0.2) is 18.2 Å². The molecule has 0 amide bonds. The number of aromatic nitrogens is 1. The van der Waals surface area contributed by atoms with Crippen molar-refractivity contribution in [3.05, 3.63) is 40.0 Å². The van der Waals surface area contributed by atoms with Crippen molar-refractivity contribution >= 4 is 28.8 Å². The lowest BCUT2D eigenvalue weighted by molar-refractivity contribution is 0.112. The number of pyridine rings is 1. The molecule has 0 saturated heterocycles. The molecule has 1 aromatic carbocycles. The van der Waals surface area contributed by atoms with Crippen LogP contribution < -0.4 is 0 Å². The maximum atomic E-state index is 10.8. The number of rotatable bonds is 1. The van der Waals surface area contributed by atoms with Crippen LogP contribution in [-0.4, -0.2) is 11.3 Å². The molecule has 2 aromatic rings. The Morgan fingerprint density at radius 1 is 1.33 bits per heavy atom. The SMILES string of the molecule is Cc1ccc2c(C)c(C=O)c(Cl)nc2c1. The van der Waals surface area contributed by atoms with E-state index in [1.165, 1.54) is 0 Å². The molecule has 3 heteroatoms. The van der Waals surface area contributed by atoms with Gasteiger partial charge in [-0.25, -0.2) is 4.98 Å². The Kier molecular flexibility index (Phi) is 2.45. The number of halogens is 1. The van der Waals surface area contributed by atoms with E-state index in [0.29, 0.717) is 5.56 Å². The number of aldehydes is 1. The number of nitrogens with zero attached hydrogens (tertiary/aromatic N) is 1. The summed E-state index contributed by atoms with van der Waals surface area (Å²) in [7, 11) is 0. The summed E-state index contributed by atoms with van der Waals surface area (Å²) >= 11 is 5.92. The van der Waals surface area contributed by atoms with E-state index in [9.17, 15) is 4.79 Å². The van der Waals surface area contributed by atoms with Gasteiger partial charge in [-0.1, -0.05) is 23.7 Å². The molecule has 0 N–H and O–H groups in total. The molecule has 0 aliphatic rings. The van der Waals surface area contributed by atoms with Gasteiger partial charge in [-0.2, -0.15) is 0 Å². The molecule has 0 spiro atoms. The van der Waals surface area contributed by atoms with Gasteiger partial charge in [0.1, 0.15) is 5.15 Å². The summed E-state index contributed by atoms with van der Waals surface area (Å²) in [5.74, 6) is 0. The highest BCUT2D eigenvalue weighted by Crippen LogP contribution is 2.25. The van der Waals surface area contributed by atoms with E-state index in [2.05, 4.69) is 4.98 Å². The molecule has 0 aliphatic carbocycles. The summed E-state index contributed by atoms with van der Waals surface area (Å²) in [6, 6.07) is 5.93. The molecule has 1 aromatic heterocycles. The average Bonchev–Trinajstić information content (AvgIpc) is 2.17. The van der Waals surface area contributed by atoms with E-state index < -0.39 is 0 Å². The highest BCUT2D eigenvalue weighted by molar-refractivity contribution is 6.32. The van der Waals surface area contributed by atoms with Crippen LogP contribution in [0.25, 0.3) is 10.9 Å². The minimum atomic E-state index is 0.278. The zero-order valence-electron chi connectivity index (χ0n) is 8.54. The fourth-order valence-corrected chi connectivity index (χ4v) is 1.93. The Hall–Kier alpha value is -1.41. The molecule has 2 rings (SSSR count). The second kappa shape index (κ2) is 3.63. The first-order valence-corrected chi connectivity index (χ1v) is 5.03. The Bertz CT molecular complexity index is 549. The van der Waals surface area contributed by atoms with Crippen molar-refractivity contribution in [1.82, 2.24) is 4.98 Å². The Balaban J connectivity index is 2.90. The van der Waals surface area contributed by atoms with Crippen molar-refractivity contribution in [3.63, 3.8) is 0 Å². The zero-order chi connectivity index (χ0) is 11.0.